The predicted octanol–water partition coefficient (Wildman–Crippen LogP) is 0.738. The number of aryl methyl sites for hydroxylation is 1. The largest absolute Gasteiger partial charge is 0.338 e. The number of nitrogens with zero attached hydrogens (tertiary/aromatic N) is 2. The molecule has 2 N–H and O–H groups in total. The molecule has 0 aromatic heterocycles. The second-order valence-corrected chi connectivity index (χ2v) is 5.94. The number of imide groups is 1. The summed E-state index contributed by atoms with van der Waals surface area (Å²) in [4.78, 5) is 39.0. The van der Waals surface area contributed by atoms with Crippen LogP contribution in [0.15, 0.2) is 18.2 Å². The van der Waals surface area contributed by atoms with Gasteiger partial charge < -0.3 is 10.2 Å². The van der Waals surface area contributed by atoms with Crippen LogP contribution < -0.4 is 10.6 Å². The van der Waals surface area contributed by atoms with Crippen molar-refractivity contribution in [2.75, 3.05) is 39.3 Å². The molecule has 136 valence electrons. The molecular weight excluding hydrogens is 327 g/mol. The molecule has 0 unspecified atom stereocenters. The van der Waals surface area contributed by atoms with E-state index >= 15 is 0 Å². The highest BCUT2D eigenvalue weighted by atomic mass is 19.1. The summed E-state index contributed by atoms with van der Waals surface area (Å²) in [5.74, 6) is -0.997. The van der Waals surface area contributed by atoms with Crippen LogP contribution in [0.4, 0.5) is 9.18 Å². The van der Waals surface area contributed by atoms with E-state index < -0.39 is 11.8 Å². The van der Waals surface area contributed by atoms with Crippen LogP contribution >= 0.6 is 0 Å². The molecule has 0 bridgehead atoms. The zero-order valence-corrected chi connectivity index (χ0v) is 14.5. The molecule has 0 atom stereocenters. The van der Waals surface area contributed by atoms with E-state index in [1.54, 1.807) is 30.9 Å². The molecule has 0 saturated carbocycles. The maximum atomic E-state index is 13.6. The Morgan fingerprint density at radius 3 is 2.44 bits per heavy atom. The second kappa shape index (κ2) is 8.57. The molecule has 1 aromatic rings. The van der Waals surface area contributed by atoms with E-state index in [1.807, 2.05) is 4.90 Å². The zero-order valence-electron chi connectivity index (χ0n) is 14.5. The van der Waals surface area contributed by atoms with Crippen LogP contribution in [0.3, 0.4) is 0 Å². The number of halogens is 1. The van der Waals surface area contributed by atoms with Gasteiger partial charge in [-0.3, -0.25) is 19.8 Å². The Morgan fingerprint density at radius 1 is 1.16 bits per heavy atom. The van der Waals surface area contributed by atoms with Crippen LogP contribution in [0.2, 0.25) is 0 Å². The number of hydrogen-bond donors (Lipinski definition) is 2. The molecule has 0 spiro atoms. The van der Waals surface area contributed by atoms with Gasteiger partial charge >= 0.3 is 6.03 Å². The molecule has 1 fully saturated rings. The molecule has 2 rings (SSSR count). The van der Waals surface area contributed by atoms with Crippen molar-refractivity contribution in [1.29, 1.82) is 0 Å². The number of benzene rings is 1. The molecule has 7 nitrogen and oxygen atoms in total. The molecule has 25 heavy (non-hydrogen) atoms. The van der Waals surface area contributed by atoms with Crippen molar-refractivity contribution >= 4 is 17.8 Å². The summed E-state index contributed by atoms with van der Waals surface area (Å²) in [7, 11) is 0. The Hall–Kier alpha value is -2.48. The molecule has 0 radical (unpaired) electrons. The number of carbonyl (C=O) groups is 3. The molecule has 8 heteroatoms. The first-order chi connectivity index (χ1) is 11.9. The van der Waals surface area contributed by atoms with Gasteiger partial charge in [0.25, 0.3) is 5.91 Å². The van der Waals surface area contributed by atoms with Crippen molar-refractivity contribution in [3.8, 4) is 0 Å². The maximum absolute atomic E-state index is 13.6. The molecule has 4 amide bonds. The number of hydrogen-bond acceptors (Lipinski definition) is 4. The summed E-state index contributed by atoms with van der Waals surface area (Å²) in [5.41, 5.74) is 0.824. The molecule has 1 saturated heterocycles. The maximum Gasteiger partial charge on any atom is 0.321 e. The van der Waals surface area contributed by atoms with Crippen molar-refractivity contribution in [2.45, 2.75) is 13.8 Å². The van der Waals surface area contributed by atoms with Crippen molar-refractivity contribution in [3.63, 3.8) is 0 Å². The average Bonchev–Trinajstić information content (AvgIpc) is 2.57. The van der Waals surface area contributed by atoms with E-state index in [0.717, 1.165) is 0 Å². The molecule has 1 aliphatic heterocycles. The molecular formula is C17H23FN4O3. The van der Waals surface area contributed by atoms with Crippen LogP contribution in [0, 0.1) is 12.7 Å². The molecule has 1 heterocycles. The van der Waals surface area contributed by atoms with E-state index in [-0.39, 0.29) is 18.4 Å². The third-order valence-electron chi connectivity index (χ3n) is 4.04. The first-order valence-corrected chi connectivity index (χ1v) is 8.26. The zero-order chi connectivity index (χ0) is 18.4. The van der Waals surface area contributed by atoms with Crippen LogP contribution in [-0.4, -0.2) is 66.9 Å². The average molecular weight is 350 g/mol. The third-order valence-corrected chi connectivity index (χ3v) is 4.04. The summed E-state index contributed by atoms with van der Waals surface area (Å²) in [6, 6.07) is 3.95. The third kappa shape index (κ3) is 5.25. The predicted molar refractivity (Wildman–Crippen MR) is 90.7 cm³/mol. The minimum atomic E-state index is -0.511. The van der Waals surface area contributed by atoms with E-state index in [9.17, 15) is 18.8 Å². The van der Waals surface area contributed by atoms with Crippen LogP contribution in [-0.2, 0) is 4.79 Å². The lowest BCUT2D eigenvalue weighted by Gasteiger charge is -2.34. The van der Waals surface area contributed by atoms with Crippen molar-refractivity contribution in [3.05, 3.63) is 35.1 Å². The van der Waals surface area contributed by atoms with Gasteiger partial charge in [0.15, 0.2) is 0 Å². The fourth-order valence-electron chi connectivity index (χ4n) is 2.59. The lowest BCUT2D eigenvalue weighted by atomic mass is 10.1. The summed E-state index contributed by atoms with van der Waals surface area (Å²) in [6.45, 7) is 5.88. The molecule has 0 aliphatic carbocycles. The fraction of sp³-hybridized carbons (Fsp3) is 0.471. The summed E-state index contributed by atoms with van der Waals surface area (Å²) in [6.07, 6.45) is 0. The number of piperazine rings is 1. The summed E-state index contributed by atoms with van der Waals surface area (Å²) in [5, 5.41) is 4.74. The number of amides is 4. The Morgan fingerprint density at radius 2 is 1.84 bits per heavy atom. The van der Waals surface area contributed by atoms with Crippen molar-refractivity contribution in [2.24, 2.45) is 0 Å². The van der Waals surface area contributed by atoms with Gasteiger partial charge in [0, 0.05) is 38.3 Å². The van der Waals surface area contributed by atoms with E-state index in [2.05, 4.69) is 10.6 Å². The van der Waals surface area contributed by atoms with E-state index in [0.29, 0.717) is 43.9 Å². The highest BCUT2D eigenvalue weighted by Gasteiger charge is 2.24. The van der Waals surface area contributed by atoms with Gasteiger partial charge in [-0.15, -0.1) is 0 Å². The monoisotopic (exact) mass is 350 g/mol. The van der Waals surface area contributed by atoms with Crippen molar-refractivity contribution in [1.82, 2.24) is 20.4 Å². The number of rotatable bonds is 4. The van der Waals surface area contributed by atoms with E-state index in [1.165, 1.54) is 6.07 Å². The minimum Gasteiger partial charge on any atom is -0.338 e. The number of carbonyl (C=O) groups excluding carboxylic acids is 3. The van der Waals surface area contributed by atoms with Gasteiger partial charge in [-0.2, -0.15) is 0 Å². The Labute approximate surface area is 146 Å². The summed E-state index contributed by atoms with van der Waals surface area (Å²) < 4.78 is 13.6. The quantitative estimate of drug-likeness (QED) is 0.839. The molecule has 1 aromatic carbocycles. The first kappa shape index (κ1) is 18.9. The summed E-state index contributed by atoms with van der Waals surface area (Å²) >= 11 is 0. The van der Waals surface area contributed by atoms with Crippen LogP contribution in [0.1, 0.15) is 22.8 Å². The van der Waals surface area contributed by atoms with Crippen molar-refractivity contribution < 1.29 is 18.8 Å². The standard InChI is InChI=1S/C17H23FN4O3/c1-3-19-17(25)20-15(23)11-21-6-8-22(9-7-21)16(24)13-5-4-12(2)14(18)10-13/h4-5,10H,3,6-9,11H2,1-2H3,(H2,19,20,23,25). The Bertz CT molecular complexity index is 657. The van der Waals surface area contributed by atoms with Gasteiger partial charge in [0.05, 0.1) is 6.54 Å². The Balaban J connectivity index is 1.82. The van der Waals surface area contributed by atoms with Crippen LogP contribution in [0.25, 0.3) is 0 Å². The first-order valence-electron chi connectivity index (χ1n) is 8.26. The topological polar surface area (TPSA) is 81.8 Å². The lowest BCUT2D eigenvalue weighted by molar-refractivity contribution is -0.121. The Kier molecular flexibility index (Phi) is 6.46. The van der Waals surface area contributed by atoms with Gasteiger partial charge in [0.1, 0.15) is 5.82 Å². The van der Waals surface area contributed by atoms with Gasteiger partial charge in [-0.25, -0.2) is 9.18 Å². The van der Waals surface area contributed by atoms with Gasteiger partial charge in [0.2, 0.25) is 5.91 Å². The lowest BCUT2D eigenvalue weighted by Crippen LogP contribution is -2.52. The number of nitrogens with one attached hydrogen (secondary N) is 2. The SMILES string of the molecule is CCNC(=O)NC(=O)CN1CCN(C(=O)c2ccc(C)c(F)c2)CC1. The highest BCUT2D eigenvalue weighted by molar-refractivity contribution is 5.95. The second-order valence-electron chi connectivity index (χ2n) is 5.94. The van der Waals surface area contributed by atoms with Gasteiger partial charge in [-0.1, -0.05) is 6.07 Å². The van der Waals surface area contributed by atoms with Gasteiger partial charge in [-0.05, 0) is 31.5 Å². The molecule has 1 aliphatic rings. The highest BCUT2D eigenvalue weighted by Crippen LogP contribution is 2.13. The fourth-order valence-corrected chi connectivity index (χ4v) is 2.59. The van der Waals surface area contributed by atoms with Crippen LogP contribution in [0.5, 0.6) is 0 Å². The number of urea groups is 1. The van der Waals surface area contributed by atoms with E-state index in [4.69, 9.17) is 0 Å². The normalized spacial score (nSPS) is 14.9. The smallest absolute Gasteiger partial charge is 0.321 e. The minimum absolute atomic E-state index is 0.0956.